The van der Waals surface area contributed by atoms with E-state index < -0.39 is 5.97 Å². The fraction of sp³-hybridized carbons (Fsp3) is 0.207. The quantitative estimate of drug-likeness (QED) is 0.295. The van der Waals surface area contributed by atoms with E-state index in [1.165, 1.54) is 12.1 Å². The Hall–Kier alpha value is -4.10. The molecule has 1 aliphatic carbocycles. The molecule has 0 unspecified atom stereocenters. The topological polar surface area (TPSA) is 98.9 Å². The van der Waals surface area contributed by atoms with E-state index >= 15 is 0 Å². The lowest BCUT2D eigenvalue weighted by Gasteiger charge is -2.12. The Morgan fingerprint density at radius 3 is 2.73 bits per heavy atom. The molecule has 0 bridgehead atoms. The fourth-order valence-corrected chi connectivity index (χ4v) is 4.94. The largest absolute Gasteiger partial charge is 0.489 e. The van der Waals surface area contributed by atoms with Crippen LogP contribution >= 0.6 is 11.6 Å². The Bertz CT molecular complexity index is 1550. The average molecular weight is 516 g/mol. The lowest BCUT2D eigenvalue weighted by molar-refractivity contribution is 0.0696. The van der Waals surface area contributed by atoms with Gasteiger partial charge in [0.1, 0.15) is 35.3 Å². The number of halogens is 1. The first kappa shape index (κ1) is 23.3. The maximum Gasteiger partial charge on any atom is 0.335 e. The van der Waals surface area contributed by atoms with E-state index in [-0.39, 0.29) is 24.4 Å². The van der Waals surface area contributed by atoms with Gasteiger partial charge in [-0.1, -0.05) is 35.0 Å². The van der Waals surface area contributed by atoms with Gasteiger partial charge in [0, 0.05) is 23.5 Å². The number of aryl methyl sites for hydroxylation is 1. The molecule has 186 valence electrons. The van der Waals surface area contributed by atoms with Gasteiger partial charge in [-0.05, 0) is 61.7 Å². The molecule has 1 saturated carbocycles. The maximum absolute atomic E-state index is 13.0. The molecule has 2 aliphatic rings. The number of carboxylic acids is 1. The van der Waals surface area contributed by atoms with Gasteiger partial charge < -0.3 is 19.1 Å². The van der Waals surface area contributed by atoms with Gasteiger partial charge in [-0.25, -0.2) is 4.79 Å². The van der Waals surface area contributed by atoms with Crippen LogP contribution in [0, 0.1) is 6.92 Å². The van der Waals surface area contributed by atoms with E-state index in [9.17, 15) is 14.7 Å². The summed E-state index contributed by atoms with van der Waals surface area (Å²) in [6.07, 6.45) is 2.18. The highest BCUT2D eigenvalue weighted by Gasteiger charge is 2.33. The third-order valence-corrected chi connectivity index (χ3v) is 7.06. The molecule has 0 saturated heterocycles. The van der Waals surface area contributed by atoms with E-state index in [1.807, 2.05) is 25.1 Å². The van der Waals surface area contributed by atoms with Crippen molar-refractivity contribution in [1.29, 1.82) is 0 Å². The molecule has 4 aromatic rings. The summed E-state index contributed by atoms with van der Waals surface area (Å²) in [4.78, 5) is 24.4. The van der Waals surface area contributed by atoms with Gasteiger partial charge in [0.05, 0.1) is 21.7 Å². The van der Waals surface area contributed by atoms with Crippen LogP contribution in [0.25, 0.3) is 11.3 Å². The Labute approximate surface area is 217 Å². The molecule has 1 N–H and O–H groups in total. The Balaban J connectivity index is 1.30. The van der Waals surface area contributed by atoms with Crippen LogP contribution in [-0.4, -0.2) is 22.0 Å². The highest BCUT2D eigenvalue weighted by molar-refractivity contribution is 6.33. The molecular formula is C29H22ClNO6. The summed E-state index contributed by atoms with van der Waals surface area (Å²) >= 11 is 6.53. The van der Waals surface area contributed by atoms with Gasteiger partial charge in [-0.3, -0.25) is 4.79 Å². The van der Waals surface area contributed by atoms with Crippen LogP contribution in [0.15, 0.2) is 59.1 Å². The van der Waals surface area contributed by atoms with Crippen LogP contribution in [0.4, 0.5) is 0 Å². The number of carbonyl (C=O) groups excluding carboxylic acids is 1. The van der Waals surface area contributed by atoms with Crippen LogP contribution in [0.1, 0.15) is 61.9 Å². The van der Waals surface area contributed by atoms with Crippen LogP contribution < -0.4 is 9.47 Å². The van der Waals surface area contributed by atoms with Gasteiger partial charge in [-0.15, -0.1) is 0 Å². The van der Waals surface area contributed by atoms with Gasteiger partial charge >= 0.3 is 5.97 Å². The van der Waals surface area contributed by atoms with E-state index in [1.54, 1.807) is 24.3 Å². The predicted molar refractivity (Wildman–Crippen MR) is 136 cm³/mol. The van der Waals surface area contributed by atoms with Crippen molar-refractivity contribution in [1.82, 2.24) is 5.16 Å². The second kappa shape index (κ2) is 9.09. The zero-order valence-corrected chi connectivity index (χ0v) is 20.7. The number of benzene rings is 3. The lowest BCUT2D eigenvalue weighted by atomic mass is 10.0. The molecule has 1 fully saturated rings. The summed E-state index contributed by atoms with van der Waals surface area (Å²) in [6, 6.07) is 15.3. The summed E-state index contributed by atoms with van der Waals surface area (Å²) in [7, 11) is 0. The zero-order chi connectivity index (χ0) is 25.7. The number of carboxylic acid groups (broad SMARTS) is 1. The number of carbonyl (C=O) groups is 2. The number of rotatable bonds is 6. The van der Waals surface area contributed by atoms with Crippen LogP contribution in [0.2, 0.25) is 5.02 Å². The smallest absolute Gasteiger partial charge is 0.335 e. The molecule has 0 spiro atoms. The molecule has 2 heterocycles. The fourth-order valence-electron chi connectivity index (χ4n) is 4.63. The van der Waals surface area contributed by atoms with Crippen molar-refractivity contribution < 1.29 is 28.7 Å². The van der Waals surface area contributed by atoms with Gasteiger partial charge in [0.25, 0.3) is 0 Å². The minimum atomic E-state index is -1.06. The minimum Gasteiger partial charge on any atom is -0.489 e. The number of nitrogens with zero attached hydrogens (tertiary/aromatic N) is 1. The van der Waals surface area contributed by atoms with Gasteiger partial charge in [-0.2, -0.15) is 0 Å². The SMILES string of the molecule is Cc1cccc(Cl)c1-c1noc(C2CC2)c1COc1ccc2c(c1)C(=O)Cc1ccc(C(=O)O)cc1O2. The van der Waals surface area contributed by atoms with Crippen molar-refractivity contribution in [2.75, 3.05) is 0 Å². The molecule has 1 aromatic heterocycles. The molecule has 0 radical (unpaired) electrons. The Morgan fingerprint density at radius 1 is 1.14 bits per heavy atom. The minimum absolute atomic E-state index is 0.0963. The predicted octanol–water partition coefficient (Wildman–Crippen LogP) is 6.99. The van der Waals surface area contributed by atoms with Gasteiger partial charge in [0.15, 0.2) is 5.78 Å². The number of hydrogen-bond donors (Lipinski definition) is 1. The van der Waals surface area contributed by atoms with Crippen molar-refractivity contribution in [3.63, 3.8) is 0 Å². The van der Waals surface area contributed by atoms with Crippen molar-refractivity contribution in [2.45, 2.75) is 38.7 Å². The second-order valence-corrected chi connectivity index (χ2v) is 9.76. The number of Topliss-reactive ketones (excluding diaryl/α,β-unsaturated/α-hetero) is 1. The molecule has 8 heteroatoms. The Morgan fingerprint density at radius 2 is 1.97 bits per heavy atom. The van der Waals surface area contributed by atoms with Crippen molar-refractivity contribution >= 4 is 23.4 Å². The van der Waals surface area contributed by atoms with Crippen LogP contribution in [0.5, 0.6) is 17.2 Å². The van der Waals surface area contributed by atoms with Crippen LogP contribution in [-0.2, 0) is 13.0 Å². The molecule has 0 amide bonds. The average Bonchev–Trinajstić information content (AvgIpc) is 3.65. The molecule has 3 aromatic carbocycles. The standard InChI is InChI=1S/C29H22ClNO6/c1-15-3-2-4-22(30)26(15)27-21(28(37-31-27)16-5-6-16)14-35-19-9-10-24-20(13-19)23(32)11-17-7-8-18(29(33)34)12-25(17)36-24/h2-4,7-10,12-13,16H,5-6,11,14H2,1H3,(H,33,34). The number of aromatic carboxylic acids is 1. The van der Waals surface area contributed by atoms with E-state index in [2.05, 4.69) is 5.16 Å². The number of hydrogen-bond acceptors (Lipinski definition) is 6. The van der Waals surface area contributed by atoms with E-state index in [0.717, 1.165) is 35.3 Å². The highest BCUT2D eigenvalue weighted by Crippen LogP contribution is 2.45. The summed E-state index contributed by atoms with van der Waals surface area (Å²) in [5.41, 5.74) is 4.44. The molecule has 6 rings (SSSR count). The molecular weight excluding hydrogens is 494 g/mol. The van der Waals surface area contributed by atoms with Crippen LogP contribution in [0.3, 0.4) is 0 Å². The number of ketones is 1. The van der Waals surface area contributed by atoms with E-state index in [0.29, 0.717) is 45.0 Å². The summed E-state index contributed by atoms with van der Waals surface area (Å²) < 4.78 is 17.9. The van der Waals surface area contributed by atoms with Gasteiger partial charge in [0.2, 0.25) is 0 Å². The second-order valence-electron chi connectivity index (χ2n) is 9.36. The van der Waals surface area contributed by atoms with Crippen molar-refractivity contribution in [3.05, 3.63) is 93.2 Å². The molecule has 7 nitrogen and oxygen atoms in total. The third kappa shape index (κ3) is 4.36. The molecule has 1 aliphatic heterocycles. The third-order valence-electron chi connectivity index (χ3n) is 6.75. The first-order valence-corrected chi connectivity index (χ1v) is 12.3. The number of aromatic nitrogens is 1. The first-order valence-electron chi connectivity index (χ1n) is 12.0. The van der Waals surface area contributed by atoms with Crippen molar-refractivity contribution in [2.24, 2.45) is 0 Å². The van der Waals surface area contributed by atoms with E-state index in [4.69, 9.17) is 25.6 Å². The lowest BCUT2D eigenvalue weighted by Crippen LogP contribution is -2.04. The number of ether oxygens (including phenoxy) is 2. The summed E-state index contributed by atoms with van der Waals surface area (Å²) in [5, 5.41) is 14.3. The number of fused-ring (bicyclic) bond motifs is 2. The highest BCUT2D eigenvalue weighted by atomic mass is 35.5. The molecule has 37 heavy (non-hydrogen) atoms. The first-order chi connectivity index (χ1) is 17.9. The molecule has 0 atom stereocenters. The summed E-state index contributed by atoms with van der Waals surface area (Å²) in [6.45, 7) is 2.18. The normalized spacial score (nSPS) is 14.4. The Kier molecular flexibility index (Phi) is 5.72. The monoisotopic (exact) mass is 515 g/mol. The van der Waals surface area contributed by atoms with Crippen molar-refractivity contribution in [3.8, 4) is 28.5 Å². The summed E-state index contributed by atoms with van der Waals surface area (Å²) in [5.74, 6) is 1.15. The maximum atomic E-state index is 13.0. The zero-order valence-electron chi connectivity index (χ0n) is 19.9.